The van der Waals surface area contributed by atoms with Crippen molar-refractivity contribution in [3.05, 3.63) is 86.6 Å². The van der Waals surface area contributed by atoms with Gasteiger partial charge in [0.05, 0.1) is 12.7 Å². The normalized spacial score (nSPS) is 14.8. The minimum atomic E-state index is -0.386. The molecule has 0 saturated carbocycles. The predicted molar refractivity (Wildman–Crippen MR) is 140 cm³/mol. The zero-order valence-corrected chi connectivity index (χ0v) is 21.1. The summed E-state index contributed by atoms with van der Waals surface area (Å²) in [6, 6.07) is 17.3. The molecule has 1 unspecified atom stereocenters. The van der Waals surface area contributed by atoms with Crippen molar-refractivity contribution in [1.29, 1.82) is 0 Å². The van der Waals surface area contributed by atoms with Gasteiger partial charge in [-0.25, -0.2) is 4.79 Å². The number of fused-ring (bicyclic) bond motifs is 1. The molecule has 36 heavy (non-hydrogen) atoms. The van der Waals surface area contributed by atoms with E-state index in [1.807, 2.05) is 49.4 Å². The van der Waals surface area contributed by atoms with Crippen LogP contribution in [0.2, 0.25) is 0 Å². The Balaban J connectivity index is 1.69. The molecular formula is C28H33N3O5. The van der Waals surface area contributed by atoms with Gasteiger partial charge >= 0.3 is 5.69 Å². The number of methoxy groups -OCH3 is 1. The molecule has 190 valence electrons. The van der Waals surface area contributed by atoms with Crippen LogP contribution in [0.25, 0.3) is 0 Å². The highest BCUT2D eigenvalue weighted by molar-refractivity contribution is 5.86. The van der Waals surface area contributed by atoms with E-state index in [1.54, 1.807) is 14.2 Å². The van der Waals surface area contributed by atoms with E-state index >= 15 is 0 Å². The summed E-state index contributed by atoms with van der Waals surface area (Å²) in [6.07, 6.45) is 2.61. The van der Waals surface area contributed by atoms with Gasteiger partial charge in [0.1, 0.15) is 17.3 Å². The van der Waals surface area contributed by atoms with Crippen LogP contribution < -0.4 is 20.7 Å². The molecule has 8 heteroatoms. The second kappa shape index (κ2) is 11.9. The molecule has 3 aromatic rings. The fraction of sp³-hybridized carbons (Fsp3) is 0.393. The molecule has 8 nitrogen and oxygen atoms in total. The molecule has 1 atom stereocenters. The van der Waals surface area contributed by atoms with Crippen molar-refractivity contribution < 1.29 is 14.2 Å². The third-order valence-electron chi connectivity index (χ3n) is 6.25. The fourth-order valence-electron chi connectivity index (χ4n) is 4.37. The molecule has 2 heterocycles. The maximum absolute atomic E-state index is 13.4. The Morgan fingerprint density at radius 3 is 2.42 bits per heavy atom. The lowest BCUT2D eigenvalue weighted by atomic mass is 9.91. The van der Waals surface area contributed by atoms with Crippen LogP contribution in [0.4, 0.5) is 5.82 Å². The molecule has 0 radical (unpaired) electrons. The summed E-state index contributed by atoms with van der Waals surface area (Å²) in [5, 5.41) is 0. The van der Waals surface area contributed by atoms with Crippen LogP contribution in [0.15, 0.2) is 69.2 Å². The summed E-state index contributed by atoms with van der Waals surface area (Å²) in [4.78, 5) is 31.2. The van der Waals surface area contributed by atoms with Crippen LogP contribution in [0.5, 0.6) is 11.5 Å². The maximum atomic E-state index is 13.4. The Bertz CT molecular complexity index is 1310. The lowest BCUT2D eigenvalue weighted by Gasteiger charge is -2.26. The second-order valence-corrected chi connectivity index (χ2v) is 8.88. The minimum Gasteiger partial charge on any atom is -0.497 e. The molecule has 1 aromatic heterocycles. The van der Waals surface area contributed by atoms with Crippen molar-refractivity contribution in [2.75, 3.05) is 20.3 Å². The first-order valence-electron chi connectivity index (χ1n) is 12.4. The van der Waals surface area contributed by atoms with E-state index in [-0.39, 0.29) is 17.2 Å². The van der Waals surface area contributed by atoms with Crippen LogP contribution >= 0.6 is 0 Å². The van der Waals surface area contributed by atoms with Crippen molar-refractivity contribution in [2.24, 2.45) is 18.0 Å². The second-order valence-electron chi connectivity index (χ2n) is 8.88. The lowest BCUT2D eigenvalue weighted by Crippen LogP contribution is -2.43. The van der Waals surface area contributed by atoms with E-state index < -0.39 is 0 Å². The van der Waals surface area contributed by atoms with Crippen molar-refractivity contribution in [3.8, 4) is 11.5 Å². The van der Waals surface area contributed by atoms with Gasteiger partial charge in [0.2, 0.25) is 0 Å². The van der Waals surface area contributed by atoms with Crippen molar-refractivity contribution in [2.45, 2.75) is 39.2 Å². The van der Waals surface area contributed by atoms with Gasteiger partial charge in [0.15, 0.2) is 5.90 Å². The molecule has 0 bridgehead atoms. The van der Waals surface area contributed by atoms with Gasteiger partial charge in [-0.2, -0.15) is 4.99 Å². The van der Waals surface area contributed by atoms with Gasteiger partial charge in [-0.05, 0) is 55.5 Å². The van der Waals surface area contributed by atoms with E-state index in [9.17, 15) is 9.59 Å². The summed E-state index contributed by atoms with van der Waals surface area (Å²) >= 11 is 0. The largest absolute Gasteiger partial charge is 0.497 e. The molecule has 0 amide bonds. The first kappa shape index (κ1) is 25.4. The topological polar surface area (TPSA) is 84.1 Å². The Hall–Kier alpha value is -3.65. The zero-order valence-electron chi connectivity index (χ0n) is 21.1. The minimum absolute atomic E-state index is 0.159. The summed E-state index contributed by atoms with van der Waals surface area (Å²) in [6.45, 7) is 3.53. The number of rotatable bonds is 10. The average molecular weight is 492 g/mol. The number of benzene rings is 2. The smallest absolute Gasteiger partial charge is 0.332 e. The van der Waals surface area contributed by atoms with Crippen molar-refractivity contribution in [1.82, 2.24) is 9.13 Å². The van der Waals surface area contributed by atoms with Gasteiger partial charge in [-0.3, -0.25) is 13.9 Å². The SMILES string of the molecule is CCCOCCCn1c(=O)c2c(n(C)c1=O)N=C(Oc1ccc(OC)cc1)C(Cc1ccccc1)C2. The average Bonchev–Trinajstić information content (AvgIpc) is 2.90. The van der Waals surface area contributed by atoms with Crippen LogP contribution in [0, 0.1) is 5.92 Å². The van der Waals surface area contributed by atoms with Gasteiger partial charge in [-0.15, -0.1) is 0 Å². The molecule has 1 aliphatic heterocycles. The molecule has 1 aliphatic rings. The first-order chi connectivity index (χ1) is 17.5. The van der Waals surface area contributed by atoms with Crippen LogP contribution in [0.1, 0.15) is 30.9 Å². The third-order valence-corrected chi connectivity index (χ3v) is 6.25. The highest BCUT2D eigenvalue weighted by Crippen LogP contribution is 2.29. The third kappa shape index (κ3) is 5.76. The molecule has 0 fully saturated rings. The molecule has 4 rings (SSSR count). The van der Waals surface area contributed by atoms with E-state index in [1.165, 1.54) is 9.13 Å². The molecule has 0 saturated heterocycles. The molecular weight excluding hydrogens is 458 g/mol. The Morgan fingerprint density at radius 1 is 1.00 bits per heavy atom. The quantitative estimate of drug-likeness (QED) is 0.402. The summed E-state index contributed by atoms with van der Waals surface area (Å²) in [5.41, 5.74) is 0.988. The van der Waals surface area contributed by atoms with Gasteiger partial charge < -0.3 is 14.2 Å². The number of hydrogen-bond donors (Lipinski definition) is 0. The van der Waals surface area contributed by atoms with E-state index in [2.05, 4.69) is 12.1 Å². The van der Waals surface area contributed by atoms with Crippen molar-refractivity contribution >= 4 is 11.7 Å². The number of aliphatic imine (C=N–C) groups is 1. The summed E-state index contributed by atoms with van der Waals surface area (Å²) < 4.78 is 19.7. The Morgan fingerprint density at radius 2 is 1.72 bits per heavy atom. The zero-order chi connectivity index (χ0) is 25.5. The number of aromatic nitrogens is 2. The monoisotopic (exact) mass is 491 g/mol. The molecule has 0 N–H and O–H groups in total. The van der Waals surface area contributed by atoms with Crippen LogP contribution in [-0.2, 0) is 31.2 Å². The predicted octanol–water partition coefficient (Wildman–Crippen LogP) is 3.90. The Labute approximate surface area is 210 Å². The number of ether oxygens (including phenoxy) is 3. The van der Waals surface area contributed by atoms with Gasteiger partial charge in [-0.1, -0.05) is 37.3 Å². The van der Waals surface area contributed by atoms with Crippen LogP contribution in [0.3, 0.4) is 0 Å². The van der Waals surface area contributed by atoms with E-state index in [4.69, 9.17) is 19.2 Å². The standard InChI is InChI=1S/C28H33N3O5/c1-4-16-35-17-8-15-31-27(32)24-19-21(18-20-9-6-5-7-10-20)26(29-25(24)30(2)28(31)33)36-23-13-11-22(34-3)12-14-23/h5-7,9-14,21H,4,8,15-19H2,1-3H3. The van der Waals surface area contributed by atoms with Crippen molar-refractivity contribution in [3.63, 3.8) is 0 Å². The number of nitrogens with zero attached hydrogens (tertiary/aromatic N) is 3. The summed E-state index contributed by atoms with van der Waals surface area (Å²) in [7, 11) is 3.26. The maximum Gasteiger partial charge on any atom is 0.332 e. The van der Waals surface area contributed by atoms with Gasteiger partial charge in [0, 0.05) is 32.7 Å². The highest BCUT2D eigenvalue weighted by Gasteiger charge is 2.30. The van der Waals surface area contributed by atoms with Crippen LogP contribution in [-0.4, -0.2) is 35.4 Å². The van der Waals surface area contributed by atoms with Gasteiger partial charge in [0.25, 0.3) is 5.56 Å². The fourth-order valence-corrected chi connectivity index (χ4v) is 4.37. The molecule has 2 aromatic carbocycles. The summed E-state index contributed by atoms with van der Waals surface area (Å²) in [5.74, 6) is 2.02. The Kier molecular flexibility index (Phi) is 8.38. The van der Waals surface area contributed by atoms with E-state index in [0.717, 1.165) is 17.7 Å². The molecule has 0 aliphatic carbocycles. The lowest BCUT2D eigenvalue weighted by molar-refractivity contribution is 0.128. The van der Waals surface area contributed by atoms with E-state index in [0.29, 0.717) is 62.0 Å². The number of hydrogen-bond acceptors (Lipinski definition) is 6. The first-order valence-corrected chi connectivity index (χ1v) is 12.4. The molecule has 0 spiro atoms. The highest BCUT2D eigenvalue weighted by atomic mass is 16.5.